The van der Waals surface area contributed by atoms with Crippen LogP contribution in [0.2, 0.25) is 0 Å². The standard InChI is InChI=1S/C17H28BrN3/c1-4-14(19)11-13-5-6-16(12-17(13)18)21-9-7-15(8-10-21)20(2)3/h5-6,12,14-15H,4,7-11,19H2,1-3H3. The maximum Gasteiger partial charge on any atom is 0.0377 e. The van der Waals surface area contributed by atoms with E-state index in [1.54, 1.807) is 0 Å². The Morgan fingerprint density at radius 2 is 2.00 bits per heavy atom. The Bertz CT molecular complexity index is 453. The highest BCUT2D eigenvalue weighted by molar-refractivity contribution is 9.10. The van der Waals surface area contributed by atoms with Crippen molar-refractivity contribution in [3.63, 3.8) is 0 Å². The van der Waals surface area contributed by atoms with Crippen LogP contribution in [0.4, 0.5) is 5.69 Å². The minimum Gasteiger partial charge on any atom is -0.371 e. The molecule has 1 aromatic rings. The van der Waals surface area contributed by atoms with E-state index in [0.717, 1.165) is 32.0 Å². The first-order valence-electron chi connectivity index (χ1n) is 7.96. The van der Waals surface area contributed by atoms with Crippen LogP contribution in [0.1, 0.15) is 31.7 Å². The molecule has 1 aliphatic rings. The zero-order valence-electron chi connectivity index (χ0n) is 13.5. The Kier molecular flexibility index (Phi) is 6.08. The molecule has 21 heavy (non-hydrogen) atoms. The van der Waals surface area contributed by atoms with Gasteiger partial charge in [0.1, 0.15) is 0 Å². The topological polar surface area (TPSA) is 32.5 Å². The minimum absolute atomic E-state index is 0.253. The quantitative estimate of drug-likeness (QED) is 0.881. The first-order chi connectivity index (χ1) is 10.0. The number of piperidine rings is 1. The molecule has 0 aromatic heterocycles. The summed E-state index contributed by atoms with van der Waals surface area (Å²) in [5.74, 6) is 0. The molecule has 2 rings (SSSR count). The molecule has 1 fully saturated rings. The van der Waals surface area contributed by atoms with Crippen LogP contribution in [0.15, 0.2) is 22.7 Å². The van der Waals surface area contributed by atoms with E-state index in [1.165, 1.54) is 28.6 Å². The van der Waals surface area contributed by atoms with Gasteiger partial charge in [-0.15, -0.1) is 0 Å². The zero-order chi connectivity index (χ0) is 15.4. The zero-order valence-corrected chi connectivity index (χ0v) is 15.1. The molecule has 1 unspecified atom stereocenters. The van der Waals surface area contributed by atoms with E-state index in [-0.39, 0.29) is 6.04 Å². The van der Waals surface area contributed by atoms with Crippen molar-refractivity contribution in [2.75, 3.05) is 32.1 Å². The number of nitrogens with zero attached hydrogens (tertiary/aromatic N) is 2. The molecule has 0 aliphatic carbocycles. The average Bonchev–Trinajstić information content (AvgIpc) is 2.49. The second-order valence-corrected chi connectivity index (χ2v) is 7.18. The van der Waals surface area contributed by atoms with Crippen molar-refractivity contribution in [2.24, 2.45) is 5.73 Å². The van der Waals surface area contributed by atoms with E-state index < -0.39 is 0 Å². The maximum atomic E-state index is 6.06. The number of hydrogen-bond acceptors (Lipinski definition) is 3. The molecule has 1 aliphatic heterocycles. The van der Waals surface area contributed by atoms with Gasteiger partial charge in [0, 0.05) is 35.3 Å². The molecule has 0 bridgehead atoms. The van der Waals surface area contributed by atoms with Gasteiger partial charge in [-0.2, -0.15) is 0 Å². The van der Waals surface area contributed by atoms with Crippen LogP contribution in [0.5, 0.6) is 0 Å². The summed E-state index contributed by atoms with van der Waals surface area (Å²) < 4.78 is 1.19. The molecule has 1 aromatic carbocycles. The van der Waals surface area contributed by atoms with Crippen molar-refractivity contribution in [3.05, 3.63) is 28.2 Å². The van der Waals surface area contributed by atoms with Crippen molar-refractivity contribution in [1.29, 1.82) is 0 Å². The Balaban J connectivity index is 2.00. The monoisotopic (exact) mass is 353 g/mol. The van der Waals surface area contributed by atoms with Gasteiger partial charge in [-0.1, -0.05) is 28.9 Å². The van der Waals surface area contributed by atoms with E-state index in [4.69, 9.17) is 5.73 Å². The molecular weight excluding hydrogens is 326 g/mol. The fourth-order valence-electron chi connectivity index (χ4n) is 2.97. The highest BCUT2D eigenvalue weighted by Crippen LogP contribution is 2.28. The van der Waals surface area contributed by atoms with Crippen LogP contribution < -0.4 is 10.6 Å². The molecule has 3 nitrogen and oxygen atoms in total. The van der Waals surface area contributed by atoms with E-state index in [0.29, 0.717) is 0 Å². The van der Waals surface area contributed by atoms with Crippen LogP contribution in [-0.4, -0.2) is 44.2 Å². The third-order valence-corrected chi connectivity index (χ3v) is 5.34. The van der Waals surface area contributed by atoms with Crippen molar-refractivity contribution >= 4 is 21.6 Å². The lowest BCUT2D eigenvalue weighted by atomic mass is 10.0. The summed E-state index contributed by atoms with van der Waals surface area (Å²) in [6, 6.07) is 7.72. The SMILES string of the molecule is CCC(N)Cc1ccc(N2CCC(N(C)C)CC2)cc1Br. The largest absolute Gasteiger partial charge is 0.371 e. The normalized spacial score (nSPS) is 18.3. The second-order valence-electron chi connectivity index (χ2n) is 6.33. The van der Waals surface area contributed by atoms with Crippen LogP contribution in [0.3, 0.4) is 0 Å². The lowest BCUT2D eigenvalue weighted by Crippen LogP contribution is -2.42. The van der Waals surface area contributed by atoms with Gasteiger partial charge in [-0.05, 0) is 57.5 Å². The first-order valence-corrected chi connectivity index (χ1v) is 8.76. The highest BCUT2D eigenvalue weighted by Gasteiger charge is 2.21. The summed E-state index contributed by atoms with van der Waals surface area (Å²) in [5, 5.41) is 0. The van der Waals surface area contributed by atoms with E-state index in [1.807, 2.05) is 0 Å². The number of halogens is 1. The van der Waals surface area contributed by atoms with Crippen LogP contribution in [0, 0.1) is 0 Å². The molecule has 0 amide bonds. The lowest BCUT2D eigenvalue weighted by molar-refractivity contribution is 0.249. The lowest BCUT2D eigenvalue weighted by Gasteiger charge is -2.36. The Hall–Kier alpha value is -0.580. The Morgan fingerprint density at radius 1 is 1.33 bits per heavy atom. The fourth-order valence-corrected chi connectivity index (χ4v) is 3.49. The van der Waals surface area contributed by atoms with Crippen LogP contribution in [-0.2, 0) is 6.42 Å². The Morgan fingerprint density at radius 3 is 2.52 bits per heavy atom. The van der Waals surface area contributed by atoms with Gasteiger partial charge in [0.15, 0.2) is 0 Å². The van der Waals surface area contributed by atoms with Crippen molar-refractivity contribution in [2.45, 2.75) is 44.7 Å². The minimum atomic E-state index is 0.253. The van der Waals surface area contributed by atoms with Gasteiger partial charge >= 0.3 is 0 Å². The fraction of sp³-hybridized carbons (Fsp3) is 0.647. The third-order valence-electron chi connectivity index (χ3n) is 4.60. The van der Waals surface area contributed by atoms with E-state index in [2.05, 4.69) is 64.9 Å². The summed E-state index contributed by atoms with van der Waals surface area (Å²) in [5.41, 5.74) is 8.71. The van der Waals surface area contributed by atoms with E-state index in [9.17, 15) is 0 Å². The molecule has 1 atom stereocenters. The highest BCUT2D eigenvalue weighted by atomic mass is 79.9. The summed E-state index contributed by atoms with van der Waals surface area (Å²) >= 11 is 3.72. The van der Waals surface area contributed by atoms with Gasteiger partial charge in [-0.3, -0.25) is 0 Å². The molecule has 2 N–H and O–H groups in total. The predicted octanol–water partition coefficient (Wildman–Crippen LogP) is 3.26. The number of rotatable bonds is 5. The van der Waals surface area contributed by atoms with Gasteiger partial charge in [0.2, 0.25) is 0 Å². The maximum absolute atomic E-state index is 6.06. The number of anilines is 1. The predicted molar refractivity (Wildman–Crippen MR) is 95.0 cm³/mol. The molecule has 1 heterocycles. The van der Waals surface area contributed by atoms with Gasteiger partial charge in [-0.25, -0.2) is 0 Å². The molecule has 1 saturated heterocycles. The Labute approximate surface area is 137 Å². The van der Waals surface area contributed by atoms with Crippen LogP contribution >= 0.6 is 15.9 Å². The van der Waals surface area contributed by atoms with Crippen molar-refractivity contribution in [3.8, 4) is 0 Å². The smallest absolute Gasteiger partial charge is 0.0377 e. The van der Waals surface area contributed by atoms with Crippen molar-refractivity contribution in [1.82, 2.24) is 4.90 Å². The number of benzene rings is 1. The summed E-state index contributed by atoms with van der Waals surface area (Å²) in [6.07, 6.45) is 4.45. The molecule has 0 spiro atoms. The van der Waals surface area contributed by atoms with Gasteiger partial charge in [0.25, 0.3) is 0 Å². The van der Waals surface area contributed by atoms with Crippen LogP contribution in [0.25, 0.3) is 0 Å². The number of nitrogens with two attached hydrogens (primary N) is 1. The molecular formula is C17H28BrN3. The molecule has 0 saturated carbocycles. The van der Waals surface area contributed by atoms with Gasteiger partial charge < -0.3 is 15.5 Å². The number of hydrogen-bond donors (Lipinski definition) is 1. The summed E-state index contributed by atoms with van der Waals surface area (Å²) in [6.45, 7) is 4.42. The average molecular weight is 354 g/mol. The molecule has 118 valence electrons. The van der Waals surface area contributed by atoms with E-state index >= 15 is 0 Å². The third kappa shape index (κ3) is 4.44. The summed E-state index contributed by atoms with van der Waals surface area (Å²) in [7, 11) is 4.37. The van der Waals surface area contributed by atoms with Crippen molar-refractivity contribution < 1.29 is 0 Å². The molecule has 0 radical (unpaired) electrons. The summed E-state index contributed by atoms with van der Waals surface area (Å²) in [4.78, 5) is 4.84. The molecule has 4 heteroatoms. The first kappa shape index (κ1) is 16.8. The second kappa shape index (κ2) is 7.61. The van der Waals surface area contributed by atoms with Gasteiger partial charge in [0.05, 0.1) is 0 Å².